The SMILES string of the molecule is C/C(CC(C)C)=N/CCNCC/N=C(\C)CC(C)C. The van der Waals surface area contributed by atoms with Gasteiger partial charge in [-0.25, -0.2) is 0 Å². The van der Waals surface area contributed by atoms with E-state index in [0.29, 0.717) is 11.8 Å². The zero-order valence-electron chi connectivity index (χ0n) is 13.8. The molecule has 0 unspecified atom stereocenters. The van der Waals surface area contributed by atoms with Crippen LogP contribution >= 0.6 is 0 Å². The number of nitrogens with one attached hydrogen (secondary N) is 1. The van der Waals surface area contributed by atoms with Gasteiger partial charge in [0.2, 0.25) is 0 Å². The quantitative estimate of drug-likeness (QED) is 0.476. The Morgan fingerprint density at radius 2 is 1.16 bits per heavy atom. The Balaban J connectivity index is 3.55. The van der Waals surface area contributed by atoms with E-state index in [4.69, 9.17) is 0 Å². The molecule has 0 saturated heterocycles. The third-order valence-electron chi connectivity index (χ3n) is 2.75. The lowest BCUT2D eigenvalue weighted by Crippen LogP contribution is -2.21. The van der Waals surface area contributed by atoms with Crippen molar-refractivity contribution in [3.63, 3.8) is 0 Å². The third kappa shape index (κ3) is 13.5. The fourth-order valence-electron chi connectivity index (χ4n) is 2.09. The highest BCUT2D eigenvalue weighted by molar-refractivity contribution is 5.82. The summed E-state index contributed by atoms with van der Waals surface area (Å²) < 4.78 is 0. The van der Waals surface area contributed by atoms with E-state index in [1.165, 1.54) is 11.4 Å². The Morgan fingerprint density at radius 3 is 1.47 bits per heavy atom. The molecule has 0 aliphatic carbocycles. The van der Waals surface area contributed by atoms with Crippen LogP contribution in [0.15, 0.2) is 9.98 Å². The molecule has 0 bridgehead atoms. The zero-order chi connectivity index (χ0) is 14.7. The van der Waals surface area contributed by atoms with Gasteiger partial charge < -0.3 is 5.32 Å². The maximum absolute atomic E-state index is 4.55. The van der Waals surface area contributed by atoms with Crippen molar-refractivity contribution in [2.45, 2.75) is 54.4 Å². The van der Waals surface area contributed by atoms with Crippen LogP contribution in [-0.2, 0) is 0 Å². The summed E-state index contributed by atoms with van der Waals surface area (Å²) in [6.45, 7) is 16.8. The average molecular weight is 267 g/mol. The second-order valence-electron chi connectivity index (χ2n) is 6.18. The highest BCUT2D eigenvalue weighted by Crippen LogP contribution is 2.01. The van der Waals surface area contributed by atoms with Gasteiger partial charge in [0, 0.05) is 24.5 Å². The molecule has 3 heteroatoms. The van der Waals surface area contributed by atoms with E-state index in [-0.39, 0.29) is 0 Å². The normalized spacial score (nSPS) is 13.7. The van der Waals surface area contributed by atoms with Gasteiger partial charge in [-0.2, -0.15) is 0 Å². The molecule has 0 rings (SSSR count). The second kappa shape index (κ2) is 11.2. The van der Waals surface area contributed by atoms with Gasteiger partial charge in [0.05, 0.1) is 13.1 Å². The Kier molecular flexibility index (Phi) is 10.7. The van der Waals surface area contributed by atoms with E-state index in [0.717, 1.165) is 39.0 Å². The first-order valence-corrected chi connectivity index (χ1v) is 7.62. The largest absolute Gasteiger partial charge is 0.313 e. The van der Waals surface area contributed by atoms with Crippen LogP contribution in [0.1, 0.15) is 54.4 Å². The van der Waals surface area contributed by atoms with Crippen molar-refractivity contribution in [2.75, 3.05) is 26.2 Å². The smallest absolute Gasteiger partial charge is 0.0513 e. The van der Waals surface area contributed by atoms with E-state index >= 15 is 0 Å². The topological polar surface area (TPSA) is 36.8 Å². The van der Waals surface area contributed by atoms with Crippen LogP contribution in [0, 0.1) is 11.8 Å². The minimum absolute atomic E-state index is 0.704. The number of nitrogens with zero attached hydrogens (tertiary/aromatic N) is 2. The summed E-state index contributed by atoms with van der Waals surface area (Å²) in [4.78, 5) is 9.11. The fourth-order valence-corrected chi connectivity index (χ4v) is 2.09. The summed E-state index contributed by atoms with van der Waals surface area (Å²) >= 11 is 0. The van der Waals surface area contributed by atoms with Crippen molar-refractivity contribution >= 4 is 11.4 Å². The summed E-state index contributed by atoms with van der Waals surface area (Å²) in [6.07, 6.45) is 2.22. The van der Waals surface area contributed by atoms with Gasteiger partial charge in [-0.3, -0.25) is 9.98 Å². The van der Waals surface area contributed by atoms with Crippen molar-refractivity contribution in [1.82, 2.24) is 5.32 Å². The van der Waals surface area contributed by atoms with Crippen molar-refractivity contribution in [3.05, 3.63) is 0 Å². The van der Waals surface area contributed by atoms with Gasteiger partial charge in [-0.1, -0.05) is 27.7 Å². The molecule has 0 spiro atoms. The predicted octanol–water partition coefficient (Wildman–Crippen LogP) is 3.59. The lowest BCUT2D eigenvalue weighted by Gasteiger charge is -2.06. The molecule has 112 valence electrons. The molecule has 3 nitrogen and oxygen atoms in total. The molecule has 0 amide bonds. The standard InChI is InChI=1S/C16H33N3/c1-13(2)11-15(5)18-9-7-17-8-10-19-16(6)12-14(3)4/h13-14,17H,7-12H2,1-6H3/b18-15-,19-16+. The summed E-state index contributed by atoms with van der Waals surface area (Å²) in [5.41, 5.74) is 2.53. The molecule has 0 fully saturated rings. The maximum Gasteiger partial charge on any atom is 0.0513 e. The van der Waals surface area contributed by atoms with Gasteiger partial charge >= 0.3 is 0 Å². The Morgan fingerprint density at radius 1 is 0.789 bits per heavy atom. The van der Waals surface area contributed by atoms with Gasteiger partial charge in [0.15, 0.2) is 0 Å². The number of hydrogen-bond donors (Lipinski definition) is 1. The van der Waals surface area contributed by atoms with Gasteiger partial charge in [0.25, 0.3) is 0 Å². The van der Waals surface area contributed by atoms with Crippen LogP contribution < -0.4 is 5.32 Å². The van der Waals surface area contributed by atoms with E-state index in [1.807, 2.05) is 0 Å². The van der Waals surface area contributed by atoms with Crippen LogP contribution in [0.25, 0.3) is 0 Å². The molecular formula is C16H33N3. The molecule has 19 heavy (non-hydrogen) atoms. The third-order valence-corrected chi connectivity index (χ3v) is 2.75. The Hall–Kier alpha value is -0.700. The van der Waals surface area contributed by atoms with Crippen molar-refractivity contribution in [1.29, 1.82) is 0 Å². The molecule has 0 heterocycles. The molecule has 0 aromatic heterocycles. The van der Waals surface area contributed by atoms with E-state index in [9.17, 15) is 0 Å². The summed E-state index contributed by atoms with van der Waals surface area (Å²) in [7, 11) is 0. The average Bonchev–Trinajstić information content (AvgIpc) is 2.25. The van der Waals surface area contributed by atoms with Crippen molar-refractivity contribution in [2.24, 2.45) is 21.8 Å². The molecule has 0 aliphatic heterocycles. The van der Waals surface area contributed by atoms with E-state index < -0.39 is 0 Å². The zero-order valence-corrected chi connectivity index (χ0v) is 13.8. The van der Waals surface area contributed by atoms with Crippen LogP contribution in [0.5, 0.6) is 0 Å². The highest BCUT2D eigenvalue weighted by atomic mass is 14.9. The second-order valence-corrected chi connectivity index (χ2v) is 6.18. The highest BCUT2D eigenvalue weighted by Gasteiger charge is 1.97. The van der Waals surface area contributed by atoms with Crippen molar-refractivity contribution < 1.29 is 0 Å². The van der Waals surface area contributed by atoms with E-state index in [2.05, 4.69) is 56.8 Å². The lowest BCUT2D eigenvalue weighted by atomic mass is 10.1. The molecule has 0 aromatic rings. The molecule has 0 aromatic carbocycles. The molecule has 1 N–H and O–H groups in total. The van der Waals surface area contributed by atoms with Crippen LogP contribution in [0.2, 0.25) is 0 Å². The molecular weight excluding hydrogens is 234 g/mol. The summed E-state index contributed by atoms with van der Waals surface area (Å²) in [5, 5.41) is 3.39. The first-order valence-electron chi connectivity index (χ1n) is 7.62. The summed E-state index contributed by atoms with van der Waals surface area (Å²) in [6, 6.07) is 0. The first kappa shape index (κ1) is 18.3. The van der Waals surface area contributed by atoms with E-state index in [1.54, 1.807) is 0 Å². The monoisotopic (exact) mass is 267 g/mol. The maximum atomic E-state index is 4.55. The molecule has 0 saturated carbocycles. The van der Waals surface area contributed by atoms with Gasteiger partial charge in [0.1, 0.15) is 0 Å². The minimum Gasteiger partial charge on any atom is -0.313 e. The molecule has 0 radical (unpaired) electrons. The van der Waals surface area contributed by atoms with Crippen molar-refractivity contribution in [3.8, 4) is 0 Å². The van der Waals surface area contributed by atoms with Gasteiger partial charge in [-0.05, 0) is 38.5 Å². The first-order chi connectivity index (χ1) is 8.91. The van der Waals surface area contributed by atoms with Crippen LogP contribution in [-0.4, -0.2) is 37.6 Å². The minimum atomic E-state index is 0.704. The summed E-state index contributed by atoms with van der Waals surface area (Å²) in [5.74, 6) is 1.41. The predicted molar refractivity (Wildman–Crippen MR) is 87.7 cm³/mol. The molecule has 0 aliphatic rings. The Bertz CT molecular complexity index is 250. The number of aliphatic imine (C=N–C) groups is 2. The van der Waals surface area contributed by atoms with Crippen LogP contribution in [0.4, 0.5) is 0 Å². The fraction of sp³-hybridized carbons (Fsp3) is 0.875. The van der Waals surface area contributed by atoms with Gasteiger partial charge in [-0.15, -0.1) is 0 Å². The number of hydrogen-bond acceptors (Lipinski definition) is 3. The Labute approximate surface area is 120 Å². The lowest BCUT2D eigenvalue weighted by molar-refractivity contribution is 0.667. The van der Waals surface area contributed by atoms with Crippen LogP contribution in [0.3, 0.4) is 0 Å². The molecule has 0 atom stereocenters. The number of rotatable bonds is 10.